The molecule has 1 fully saturated rings. The van der Waals surface area contributed by atoms with E-state index in [0.29, 0.717) is 23.2 Å². The normalized spacial score (nSPS) is 21.6. The van der Waals surface area contributed by atoms with Crippen LogP contribution in [0.25, 0.3) is 0 Å². The van der Waals surface area contributed by atoms with Gasteiger partial charge in [0.2, 0.25) is 0 Å². The predicted octanol–water partition coefficient (Wildman–Crippen LogP) is 3.79. The van der Waals surface area contributed by atoms with Crippen LogP contribution < -0.4 is 0 Å². The van der Waals surface area contributed by atoms with Crippen LogP contribution in [-0.2, 0) is 0 Å². The molecule has 1 atom stereocenters. The molecule has 1 heterocycles. The van der Waals surface area contributed by atoms with Crippen molar-refractivity contribution < 1.29 is 4.79 Å². The molecule has 98 valence electrons. The molecule has 1 unspecified atom stereocenters. The van der Waals surface area contributed by atoms with Gasteiger partial charge < -0.3 is 0 Å². The monoisotopic (exact) mass is 265 g/mol. The Hall–Kier alpha value is -0.860. The van der Waals surface area contributed by atoms with Gasteiger partial charge in [-0.25, -0.2) is 0 Å². The van der Waals surface area contributed by atoms with E-state index >= 15 is 0 Å². The second kappa shape index (κ2) is 6.35. The minimum absolute atomic E-state index is 0.134. The molecular formula is C15H20ClNO. The maximum Gasteiger partial charge on any atom is 0.178 e. The van der Waals surface area contributed by atoms with Crippen molar-refractivity contribution in [2.75, 3.05) is 13.1 Å². The molecule has 3 heteroatoms. The van der Waals surface area contributed by atoms with Crippen LogP contribution in [-0.4, -0.2) is 29.8 Å². The summed E-state index contributed by atoms with van der Waals surface area (Å²) >= 11 is 6.07. The molecule has 2 nitrogen and oxygen atoms in total. The van der Waals surface area contributed by atoms with E-state index in [9.17, 15) is 4.79 Å². The molecule has 1 aliphatic rings. The second-order valence-corrected chi connectivity index (χ2v) is 5.48. The van der Waals surface area contributed by atoms with E-state index in [-0.39, 0.29) is 5.78 Å². The van der Waals surface area contributed by atoms with Crippen LogP contribution in [0.3, 0.4) is 0 Å². The van der Waals surface area contributed by atoms with Gasteiger partial charge in [0.25, 0.3) is 0 Å². The third-order valence-electron chi connectivity index (χ3n) is 3.71. The van der Waals surface area contributed by atoms with Crippen LogP contribution in [0.5, 0.6) is 0 Å². The predicted molar refractivity (Wildman–Crippen MR) is 75.3 cm³/mol. The highest BCUT2D eigenvalue weighted by Crippen LogP contribution is 2.19. The van der Waals surface area contributed by atoms with Crippen molar-refractivity contribution in [1.29, 1.82) is 0 Å². The zero-order chi connectivity index (χ0) is 13.0. The summed E-state index contributed by atoms with van der Waals surface area (Å²) in [6, 6.07) is 7.81. The van der Waals surface area contributed by atoms with Crippen LogP contribution in [0.1, 0.15) is 43.0 Å². The molecule has 1 aromatic rings. The SMILES string of the molecule is CC1CCCCCN1CC(=O)c1ccccc1Cl. The Kier molecular flexibility index (Phi) is 4.79. The van der Waals surface area contributed by atoms with E-state index in [4.69, 9.17) is 11.6 Å². The van der Waals surface area contributed by atoms with E-state index in [1.807, 2.05) is 18.2 Å². The lowest BCUT2D eigenvalue weighted by atomic mass is 10.1. The van der Waals surface area contributed by atoms with E-state index < -0.39 is 0 Å². The molecule has 0 bridgehead atoms. The molecule has 0 saturated carbocycles. The summed E-state index contributed by atoms with van der Waals surface area (Å²) in [7, 11) is 0. The van der Waals surface area contributed by atoms with Gasteiger partial charge in [-0.05, 0) is 38.4 Å². The van der Waals surface area contributed by atoms with Crippen molar-refractivity contribution in [3.63, 3.8) is 0 Å². The van der Waals surface area contributed by atoms with Crippen molar-refractivity contribution >= 4 is 17.4 Å². The van der Waals surface area contributed by atoms with Gasteiger partial charge in [-0.15, -0.1) is 0 Å². The average molecular weight is 266 g/mol. The Balaban J connectivity index is 2.04. The first-order valence-corrected chi connectivity index (χ1v) is 7.08. The Labute approximate surface area is 114 Å². The first kappa shape index (κ1) is 13.6. The lowest BCUT2D eigenvalue weighted by Crippen LogP contribution is -2.37. The van der Waals surface area contributed by atoms with Gasteiger partial charge in [0.1, 0.15) is 0 Å². The van der Waals surface area contributed by atoms with E-state index in [0.717, 1.165) is 6.54 Å². The molecule has 18 heavy (non-hydrogen) atoms. The van der Waals surface area contributed by atoms with Gasteiger partial charge in [0.05, 0.1) is 11.6 Å². The molecule has 1 saturated heterocycles. The number of benzene rings is 1. The summed E-state index contributed by atoms with van der Waals surface area (Å²) in [5, 5.41) is 0.560. The lowest BCUT2D eigenvalue weighted by Gasteiger charge is -2.26. The lowest BCUT2D eigenvalue weighted by molar-refractivity contribution is 0.0902. The third kappa shape index (κ3) is 3.33. The summed E-state index contributed by atoms with van der Waals surface area (Å²) in [5.74, 6) is 0.134. The van der Waals surface area contributed by atoms with Crippen molar-refractivity contribution in [3.05, 3.63) is 34.9 Å². The smallest absolute Gasteiger partial charge is 0.178 e. The first-order valence-electron chi connectivity index (χ1n) is 6.70. The number of rotatable bonds is 3. The van der Waals surface area contributed by atoms with Gasteiger partial charge in [0.15, 0.2) is 5.78 Å². The van der Waals surface area contributed by atoms with E-state index in [1.54, 1.807) is 6.07 Å². The van der Waals surface area contributed by atoms with Crippen molar-refractivity contribution in [2.24, 2.45) is 0 Å². The minimum atomic E-state index is 0.134. The summed E-state index contributed by atoms with van der Waals surface area (Å²) in [6.07, 6.45) is 4.94. The van der Waals surface area contributed by atoms with Gasteiger partial charge in [-0.1, -0.05) is 36.6 Å². The Morgan fingerprint density at radius 3 is 2.89 bits per heavy atom. The van der Waals surface area contributed by atoms with E-state index in [2.05, 4.69) is 11.8 Å². The fourth-order valence-electron chi connectivity index (χ4n) is 2.53. The summed E-state index contributed by atoms with van der Waals surface area (Å²) in [4.78, 5) is 14.6. The second-order valence-electron chi connectivity index (χ2n) is 5.07. The summed E-state index contributed by atoms with van der Waals surface area (Å²) in [5.41, 5.74) is 0.649. The van der Waals surface area contributed by atoms with Gasteiger partial charge in [-0.2, -0.15) is 0 Å². The number of nitrogens with zero attached hydrogens (tertiary/aromatic N) is 1. The molecule has 0 aliphatic carbocycles. The largest absolute Gasteiger partial charge is 0.293 e. The van der Waals surface area contributed by atoms with Gasteiger partial charge >= 0.3 is 0 Å². The molecule has 0 aromatic heterocycles. The molecule has 0 radical (unpaired) electrons. The molecule has 0 amide bonds. The van der Waals surface area contributed by atoms with Crippen molar-refractivity contribution in [3.8, 4) is 0 Å². The van der Waals surface area contributed by atoms with Crippen LogP contribution in [0, 0.1) is 0 Å². The molecular weight excluding hydrogens is 246 g/mol. The number of halogens is 1. The molecule has 0 spiro atoms. The molecule has 1 aromatic carbocycles. The fraction of sp³-hybridized carbons (Fsp3) is 0.533. The maximum absolute atomic E-state index is 12.3. The minimum Gasteiger partial charge on any atom is -0.293 e. The van der Waals surface area contributed by atoms with Crippen molar-refractivity contribution in [2.45, 2.75) is 38.6 Å². The summed E-state index contributed by atoms with van der Waals surface area (Å²) < 4.78 is 0. The Bertz CT molecular complexity index is 419. The maximum atomic E-state index is 12.3. The quantitative estimate of drug-likeness (QED) is 0.775. The summed E-state index contributed by atoms with van der Waals surface area (Å²) in [6.45, 7) is 3.73. The third-order valence-corrected chi connectivity index (χ3v) is 4.04. The van der Waals surface area contributed by atoms with Crippen LogP contribution >= 0.6 is 11.6 Å². The number of Topliss-reactive ketones (excluding diaryl/α,β-unsaturated/α-hetero) is 1. The highest BCUT2D eigenvalue weighted by atomic mass is 35.5. The average Bonchev–Trinajstić information content (AvgIpc) is 2.55. The van der Waals surface area contributed by atoms with Crippen molar-refractivity contribution in [1.82, 2.24) is 4.90 Å². The number of carbonyl (C=O) groups excluding carboxylic acids is 1. The number of ketones is 1. The highest BCUT2D eigenvalue weighted by Gasteiger charge is 2.20. The standard InChI is InChI=1S/C15H20ClNO/c1-12-7-3-2-6-10-17(12)11-15(18)13-8-4-5-9-14(13)16/h4-5,8-9,12H,2-3,6-7,10-11H2,1H3. The topological polar surface area (TPSA) is 20.3 Å². The number of carbonyl (C=O) groups is 1. The highest BCUT2D eigenvalue weighted by molar-refractivity contribution is 6.34. The van der Waals surface area contributed by atoms with Gasteiger partial charge in [-0.3, -0.25) is 9.69 Å². The zero-order valence-corrected chi connectivity index (χ0v) is 11.6. The molecule has 2 rings (SSSR count). The number of hydrogen-bond donors (Lipinski definition) is 0. The first-order chi connectivity index (χ1) is 8.68. The molecule has 1 aliphatic heterocycles. The van der Waals surface area contributed by atoms with E-state index in [1.165, 1.54) is 25.7 Å². The Morgan fingerprint density at radius 2 is 2.11 bits per heavy atom. The zero-order valence-electron chi connectivity index (χ0n) is 10.9. The number of likely N-dealkylation sites (tertiary alicyclic amines) is 1. The van der Waals surface area contributed by atoms with Crippen LogP contribution in [0.4, 0.5) is 0 Å². The molecule has 0 N–H and O–H groups in total. The fourth-order valence-corrected chi connectivity index (χ4v) is 2.77. The van der Waals surface area contributed by atoms with Crippen LogP contribution in [0.15, 0.2) is 24.3 Å². The number of hydrogen-bond acceptors (Lipinski definition) is 2. The van der Waals surface area contributed by atoms with Gasteiger partial charge in [0, 0.05) is 11.6 Å². The van der Waals surface area contributed by atoms with Crippen LogP contribution in [0.2, 0.25) is 5.02 Å². The Morgan fingerprint density at radius 1 is 1.33 bits per heavy atom.